The van der Waals surface area contributed by atoms with Crippen molar-refractivity contribution in [3.63, 3.8) is 0 Å². The fourth-order valence-electron chi connectivity index (χ4n) is 5.64. The van der Waals surface area contributed by atoms with Gasteiger partial charge in [-0.1, -0.05) is 25.7 Å². The highest BCUT2D eigenvalue weighted by molar-refractivity contribution is 6.76. The van der Waals surface area contributed by atoms with Crippen molar-refractivity contribution in [2.24, 2.45) is 0 Å². The van der Waals surface area contributed by atoms with E-state index in [-0.39, 0.29) is 36.0 Å². The number of anilines is 3. The van der Waals surface area contributed by atoms with Gasteiger partial charge in [-0.05, 0) is 45.1 Å². The lowest BCUT2D eigenvalue weighted by Crippen LogP contribution is -2.55. The van der Waals surface area contributed by atoms with Crippen LogP contribution in [0, 0.1) is 5.82 Å². The number of hydrogen-bond acceptors (Lipinski definition) is 9. The molecule has 0 spiro atoms. The Hall–Kier alpha value is -3.82. The molecule has 0 radical (unpaired) electrons. The number of rotatable bonds is 9. The fourth-order valence-corrected chi connectivity index (χ4v) is 6.36. The van der Waals surface area contributed by atoms with Gasteiger partial charge in [-0.3, -0.25) is 9.69 Å². The van der Waals surface area contributed by atoms with Crippen molar-refractivity contribution in [2.45, 2.75) is 57.8 Å². The minimum Gasteiger partial charge on any atom is -0.478 e. The summed E-state index contributed by atoms with van der Waals surface area (Å²) in [6, 6.07) is 7.66. The molecule has 4 heterocycles. The molecule has 1 amide bonds. The summed E-state index contributed by atoms with van der Waals surface area (Å²) >= 11 is 0. The van der Waals surface area contributed by atoms with Crippen LogP contribution in [0.15, 0.2) is 36.5 Å². The Morgan fingerprint density at radius 3 is 2.38 bits per heavy atom. The number of carbonyl (C=O) groups is 1. The van der Waals surface area contributed by atoms with Crippen LogP contribution in [-0.2, 0) is 10.9 Å². The van der Waals surface area contributed by atoms with Crippen molar-refractivity contribution in [1.82, 2.24) is 19.9 Å². The molecule has 15 heteroatoms. The van der Waals surface area contributed by atoms with E-state index in [0.717, 1.165) is 12.3 Å². The summed E-state index contributed by atoms with van der Waals surface area (Å²) in [7, 11) is 0.505. The van der Waals surface area contributed by atoms with Crippen LogP contribution in [0.4, 0.5) is 34.9 Å². The van der Waals surface area contributed by atoms with Gasteiger partial charge in [0.25, 0.3) is 5.91 Å². The summed E-state index contributed by atoms with van der Waals surface area (Å²) in [5.41, 5.74) is -0.171. The summed E-state index contributed by atoms with van der Waals surface area (Å²) in [6.07, 6.45) is -3.62. The zero-order valence-electron chi connectivity index (χ0n) is 28.2. The number of piperazine rings is 1. The van der Waals surface area contributed by atoms with Gasteiger partial charge < -0.3 is 24.6 Å². The molecule has 48 heavy (non-hydrogen) atoms. The first-order valence-corrected chi connectivity index (χ1v) is 19.8. The van der Waals surface area contributed by atoms with Crippen molar-refractivity contribution in [3.05, 3.63) is 53.6 Å². The molecule has 10 nitrogen and oxygen atoms in total. The third-order valence-corrected chi connectivity index (χ3v) is 10.4. The third kappa shape index (κ3) is 8.60. The van der Waals surface area contributed by atoms with Crippen molar-refractivity contribution in [2.75, 3.05) is 68.2 Å². The average molecular weight is 690 g/mol. The number of carbonyl (C=O) groups excluding carboxylic acids is 1. The first-order chi connectivity index (χ1) is 22.6. The largest absolute Gasteiger partial charge is 0.478 e. The van der Waals surface area contributed by atoms with Crippen LogP contribution < -0.4 is 19.9 Å². The Balaban J connectivity index is 1.52. The molecule has 0 bridgehead atoms. The zero-order valence-corrected chi connectivity index (χ0v) is 29.2. The highest BCUT2D eigenvalue weighted by atomic mass is 28.3. The highest BCUT2D eigenvalue weighted by Gasteiger charge is 2.33. The number of pyridine rings is 1. The maximum Gasteiger partial charge on any atom is 0.416 e. The zero-order chi connectivity index (χ0) is 34.8. The Morgan fingerprint density at radius 2 is 1.73 bits per heavy atom. The third-order valence-electron chi connectivity index (χ3n) is 8.71. The topological polar surface area (TPSA) is 96.0 Å². The molecule has 2 aliphatic heterocycles. The molecule has 5 rings (SSSR count). The number of halogens is 4. The molecule has 2 aromatic heterocycles. The second-order valence-corrected chi connectivity index (χ2v) is 19.3. The van der Waals surface area contributed by atoms with Crippen molar-refractivity contribution < 1.29 is 31.8 Å². The van der Waals surface area contributed by atoms with E-state index < -0.39 is 37.2 Å². The Morgan fingerprint density at radius 1 is 1.04 bits per heavy atom. The molecular formula is C33H43F4N7O3Si. The molecular weight excluding hydrogens is 646 g/mol. The second-order valence-electron chi connectivity index (χ2n) is 13.7. The number of amides is 1. The van der Waals surface area contributed by atoms with Crippen LogP contribution in [0.2, 0.25) is 25.7 Å². The molecule has 0 saturated carbocycles. The monoisotopic (exact) mass is 689 g/mol. The van der Waals surface area contributed by atoms with E-state index in [0.29, 0.717) is 68.7 Å². The van der Waals surface area contributed by atoms with E-state index in [4.69, 9.17) is 9.47 Å². The second kappa shape index (κ2) is 14.3. The lowest BCUT2D eigenvalue weighted by Gasteiger charge is -2.44. The molecule has 2 saturated heterocycles. The fraction of sp³-hybridized carbons (Fsp3) is 0.515. The van der Waals surface area contributed by atoms with E-state index in [1.54, 1.807) is 18.2 Å². The summed E-state index contributed by atoms with van der Waals surface area (Å²) in [6.45, 7) is 14.1. The van der Waals surface area contributed by atoms with Crippen molar-refractivity contribution >= 4 is 31.3 Å². The van der Waals surface area contributed by atoms with Gasteiger partial charge in [0, 0.05) is 58.0 Å². The summed E-state index contributed by atoms with van der Waals surface area (Å²) in [4.78, 5) is 32.8. The Kier molecular flexibility index (Phi) is 10.6. The maximum atomic E-state index is 15.3. The summed E-state index contributed by atoms with van der Waals surface area (Å²) in [5.74, 6) is -1.44. The number of alkyl halides is 3. The molecule has 1 N–H and O–H groups in total. The van der Waals surface area contributed by atoms with Gasteiger partial charge in [-0.2, -0.15) is 13.2 Å². The van der Waals surface area contributed by atoms with Crippen LogP contribution in [-0.4, -0.2) is 99.0 Å². The predicted molar refractivity (Wildman–Crippen MR) is 180 cm³/mol. The summed E-state index contributed by atoms with van der Waals surface area (Å²) in [5, 5.41) is 2.79. The minimum absolute atomic E-state index is 0.0314. The molecule has 0 unspecified atom stereocenters. The first kappa shape index (κ1) is 35.5. The van der Waals surface area contributed by atoms with Gasteiger partial charge in [-0.25, -0.2) is 19.3 Å². The number of benzene rings is 1. The van der Waals surface area contributed by atoms with Gasteiger partial charge in [0.2, 0.25) is 11.8 Å². The number of hydrogen-bond donors (Lipinski definition) is 1. The lowest BCUT2D eigenvalue weighted by molar-refractivity contribution is -0.137. The first-order valence-electron chi connectivity index (χ1n) is 16.1. The number of likely N-dealkylation sites (N-methyl/N-ethyl adjacent to an activating group) is 1. The molecule has 3 aromatic rings. The quantitative estimate of drug-likeness (QED) is 0.214. The van der Waals surface area contributed by atoms with Crippen LogP contribution in [0.3, 0.4) is 0 Å². The van der Waals surface area contributed by atoms with Crippen LogP contribution in [0.5, 0.6) is 5.88 Å². The van der Waals surface area contributed by atoms with Gasteiger partial charge in [0.1, 0.15) is 11.4 Å². The number of nitrogens with zero attached hydrogens (tertiary/aromatic N) is 6. The molecule has 2 fully saturated rings. The van der Waals surface area contributed by atoms with Crippen molar-refractivity contribution in [3.8, 4) is 17.1 Å². The molecule has 1 aromatic carbocycles. The Labute approximate surface area is 279 Å². The molecule has 260 valence electrons. The summed E-state index contributed by atoms with van der Waals surface area (Å²) < 4.78 is 68.1. The van der Waals surface area contributed by atoms with Gasteiger partial charge >= 0.3 is 6.18 Å². The van der Waals surface area contributed by atoms with E-state index >= 15 is 4.39 Å². The van der Waals surface area contributed by atoms with E-state index in [9.17, 15) is 18.0 Å². The molecule has 2 aliphatic rings. The van der Waals surface area contributed by atoms with E-state index in [1.165, 1.54) is 0 Å². The van der Waals surface area contributed by atoms with E-state index in [2.05, 4.69) is 63.6 Å². The number of nitrogens with one attached hydrogen (secondary N) is 1. The van der Waals surface area contributed by atoms with Gasteiger partial charge in [-0.15, -0.1) is 0 Å². The van der Waals surface area contributed by atoms with Gasteiger partial charge in [0.15, 0.2) is 5.82 Å². The average Bonchev–Trinajstić information content (AvgIpc) is 3.03. The number of morpholine rings is 1. The van der Waals surface area contributed by atoms with Crippen LogP contribution in [0.25, 0.3) is 11.3 Å². The molecule has 0 aliphatic carbocycles. The van der Waals surface area contributed by atoms with Gasteiger partial charge in [0.05, 0.1) is 43.0 Å². The smallest absolute Gasteiger partial charge is 0.416 e. The van der Waals surface area contributed by atoms with Crippen molar-refractivity contribution in [1.29, 1.82) is 0 Å². The highest BCUT2D eigenvalue weighted by Crippen LogP contribution is 2.36. The standard InChI is InChI=1S/C33H43F4N7O3Si/c1-21-19-44(20-22(2)42(21)3)28-8-7-23(30-25(34)18-38-32(41-30)43-9-11-46-12-10-43)15-26(28)40-31(45)27-16-24(33(35,36)37)17-29(39-27)47-13-14-48(4,5)6/h7-8,15-18,21-22H,9-14,19-20H2,1-6H3,(H,40,45)/t21-,22+. The van der Waals surface area contributed by atoms with Crippen LogP contribution in [0.1, 0.15) is 29.9 Å². The Bertz CT molecular complexity index is 1600. The number of aromatic nitrogens is 3. The normalized spacial score (nSPS) is 19.4. The van der Waals surface area contributed by atoms with Crippen LogP contribution >= 0.6 is 0 Å². The van der Waals surface area contributed by atoms with E-state index in [1.807, 2.05) is 11.9 Å². The molecule has 2 atom stereocenters. The maximum absolute atomic E-state index is 15.3. The minimum atomic E-state index is -4.73. The predicted octanol–water partition coefficient (Wildman–Crippen LogP) is 6.03. The number of ether oxygens (including phenoxy) is 2. The SMILES string of the molecule is C[C@@H]1CN(c2ccc(-c3nc(N4CCOCC4)ncc3F)cc2NC(=O)c2cc(C(F)(F)F)cc(OCC[Si](C)(C)C)n2)C[C@H](C)N1C. The lowest BCUT2D eigenvalue weighted by atomic mass is 10.0.